The molecule has 0 aliphatic carbocycles. The number of benzene rings is 1. The fourth-order valence-electron chi connectivity index (χ4n) is 2.03. The molecule has 19 heavy (non-hydrogen) atoms. The molecule has 1 atom stereocenters. The second kappa shape index (κ2) is 6.99. The Hall–Kier alpha value is -1.75. The van der Waals surface area contributed by atoms with Crippen molar-refractivity contribution in [3.63, 3.8) is 0 Å². The van der Waals surface area contributed by atoms with Gasteiger partial charge in [0.1, 0.15) is 6.04 Å². The van der Waals surface area contributed by atoms with Crippen molar-refractivity contribution in [1.82, 2.24) is 5.32 Å². The number of nitrogens with one attached hydrogen (secondary N) is 3. The molecule has 0 fully saturated rings. The van der Waals surface area contributed by atoms with E-state index in [9.17, 15) is 4.79 Å². The molecule has 5 heteroatoms. The van der Waals surface area contributed by atoms with Gasteiger partial charge in [-0.3, -0.25) is 4.79 Å². The highest BCUT2D eigenvalue weighted by Gasteiger charge is 2.22. The smallest absolute Gasteiger partial charge is 0.244 e. The molecule has 0 radical (unpaired) electrons. The number of fused-ring (bicyclic) bond motifs is 1. The fourth-order valence-corrected chi connectivity index (χ4v) is 2.03. The summed E-state index contributed by atoms with van der Waals surface area (Å²) in [6.45, 7) is 4.63. The molecule has 2 rings (SSSR count). The van der Waals surface area contributed by atoms with Crippen LogP contribution in [0.3, 0.4) is 0 Å². The first-order chi connectivity index (χ1) is 9.31. The molecule has 0 saturated carbocycles. The normalized spacial score (nSPS) is 17.0. The van der Waals surface area contributed by atoms with Gasteiger partial charge in [-0.05, 0) is 25.5 Å². The first-order valence-corrected chi connectivity index (χ1v) is 6.76. The van der Waals surface area contributed by atoms with Crippen LogP contribution in [0.1, 0.15) is 13.3 Å². The molecule has 0 spiro atoms. The lowest BCUT2D eigenvalue weighted by molar-refractivity contribution is -0.121. The predicted molar refractivity (Wildman–Crippen MR) is 76.5 cm³/mol. The molecule has 104 valence electrons. The van der Waals surface area contributed by atoms with Crippen LogP contribution in [-0.2, 0) is 9.53 Å². The molecule has 0 bridgehead atoms. The maximum absolute atomic E-state index is 12.0. The maximum Gasteiger partial charge on any atom is 0.244 e. The number of hydrogen-bond acceptors (Lipinski definition) is 4. The van der Waals surface area contributed by atoms with Gasteiger partial charge in [0.2, 0.25) is 5.91 Å². The molecule has 1 aromatic rings. The molecule has 1 amide bonds. The third-order valence-electron chi connectivity index (χ3n) is 3.04. The fraction of sp³-hybridized carbons (Fsp3) is 0.500. The van der Waals surface area contributed by atoms with Gasteiger partial charge in [0.25, 0.3) is 0 Å². The number of ether oxygens (including phenoxy) is 1. The molecular formula is C14H21N3O2. The molecule has 1 aromatic carbocycles. The summed E-state index contributed by atoms with van der Waals surface area (Å²) in [6.07, 6.45) is 0.844. The molecule has 0 saturated heterocycles. The van der Waals surface area contributed by atoms with Crippen molar-refractivity contribution in [2.24, 2.45) is 0 Å². The lowest BCUT2D eigenvalue weighted by Gasteiger charge is -2.27. The summed E-state index contributed by atoms with van der Waals surface area (Å²) < 4.78 is 5.23. The van der Waals surface area contributed by atoms with Crippen molar-refractivity contribution in [2.75, 3.05) is 36.9 Å². The van der Waals surface area contributed by atoms with Crippen molar-refractivity contribution in [2.45, 2.75) is 19.4 Å². The van der Waals surface area contributed by atoms with E-state index in [0.717, 1.165) is 24.4 Å². The Labute approximate surface area is 113 Å². The average molecular weight is 263 g/mol. The highest BCUT2D eigenvalue weighted by atomic mass is 16.5. The Morgan fingerprint density at radius 2 is 2.21 bits per heavy atom. The number of hydrogen-bond donors (Lipinski definition) is 3. The Balaban J connectivity index is 1.76. The van der Waals surface area contributed by atoms with Crippen molar-refractivity contribution in [3.05, 3.63) is 24.3 Å². The lowest BCUT2D eigenvalue weighted by atomic mass is 10.1. The van der Waals surface area contributed by atoms with Crippen LogP contribution in [0, 0.1) is 0 Å². The monoisotopic (exact) mass is 263 g/mol. The summed E-state index contributed by atoms with van der Waals surface area (Å²) in [5, 5.41) is 9.42. The lowest BCUT2D eigenvalue weighted by Crippen LogP contribution is -2.46. The van der Waals surface area contributed by atoms with E-state index in [0.29, 0.717) is 19.7 Å². The average Bonchev–Trinajstić information content (AvgIpc) is 2.46. The molecule has 1 unspecified atom stereocenters. The van der Waals surface area contributed by atoms with Crippen molar-refractivity contribution in [3.8, 4) is 0 Å². The van der Waals surface area contributed by atoms with Gasteiger partial charge in [0.15, 0.2) is 0 Å². The van der Waals surface area contributed by atoms with Crippen LogP contribution in [0.5, 0.6) is 0 Å². The minimum atomic E-state index is -0.220. The van der Waals surface area contributed by atoms with E-state index in [4.69, 9.17) is 4.74 Å². The first kappa shape index (κ1) is 13.7. The molecule has 5 nitrogen and oxygen atoms in total. The van der Waals surface area contributed by atoms with E-state index in [1.807, 2.05) is 31.2 Å². The quantitative estimate of drug-likeness (QED) is 0.680. The SMILES string of the molecule is CCOCCCNC(=O)C1CNc2ccccc2N1. The van der Waals surface area contributed by atoms with Crippen molar-refractivity contribution >= 4 is 17.3 Å². The Kier molecular flexibility index (Phi) is 5.03. The van der Waals surface area contributed by atoms with E-state index >= 15 is 0 Å². The summed E-state index contributed by atoms with van der Waals surface area (Å²) in [5.74, 6) is 0.0264. The van der Waals surface area contributed by atoms with Crippen LogP contribution in [0.4, 0.5) is 11.4 Å². The van der Waals surface area contributed by atoms with Gasteiger partial charge in [-0.1, -0.05) is 12.1 Å². The van der Waals surface area contributed by atoms with Crippen LogP contribution < -0.4 is 16.0 Å². The highest BCUT2D eigenvalue weighted by Crippen LogP contribution is 2.24. The Morgan fingerprint density at radius 3 is 3.00 bits per heavy atom. The standard InChI is InChI=1S/C14H21N3O2/c1-2-19-9-5-8-15-14(18)13-10-16-11-6-3-4-7-12(11)17-13/h3-4,6-7,13,16-17H,2,5,8-10H2,1H3,(H,15,18). The predicted octanol–water partition coefficient (Wildman–Crippen LogP) is 1.44. The molecule has 1 heterocycles. The summed E-state index contributed by atoms with van der Waals surface area (Å²) in [6, 6.07) is 7.68. The Morgan fingerprint density at radius 1 is 1.42 bits per heavy atom. The number of para-hydroxylation sites is 2. The van der Waals surface area contributed by atoms with E-state index < -0.39 is 0 Å². The van der Waals surface area contributed by atoms with Crippen LogP contribution in [0.25, 0.3) is 0 Å². The van der Waals surface area contributed by atoms with Crippen molar-refractivity contribution in [1.29, 1.82) is 0 Å². The summed E-state index contributed by atoms with van der Waals surface area (Å²) in [5.41, 5.74) is 2.02. The van der Waals surface area contributed by atoms with Crippen molar-refractivity contribution < 1.29 is 9.53 Å². The molecule has 1 aliphatic rings. The minimum Gasteiger partial charge on any atom is -0.382 e. The van der Waals surface area contributed by atoms with Crippen LogP contribution in [-0.4, -0.2) is 38.3 Å². The van der Waals surface area contributed by atoms with E-state index in [-0.39, 0.29) is 11.9 Å². The van der Waals surface area contributed by atoms with E-state index in [1.54, 1.807) is 0 Å². The maximum atomic E-state index is 12.0. The number of rotatable bonds is 6. The molecular weight excluding hydrogens is 242 g/mol. The zero-order chi connectivity index (χ0) is 13.5. The van der Waals surface area contributed by atoms with Crippen LogP contribution >= 0.6 is 0 Å². The van der Waals surface area contributed by atoms with Gasteiger partial charge in [0.05, 0.1) is 11.4 Å². The first-order valence-electron chi connectivity index (χ1n) is 6.76. The Bertz CT molecular complexity index is 423. The third-order valence-corrected chi connectivity index (χ3v) is 3.04. The van der Waals surface area contributed by atoms with Crippen LogP contribution in [0.2, 0.25) is 0 Å². The van der Waals surface area contributed by atoms with Gasteiger partial charge in [-0.25, -0.2) is 0 Å². The largest absolute Gasteiger partial charge is 0.382 e. The second-order valence-corrected chi connectivity index (χ2v) is 4.46. The number of carbonyl (C=O) groups excluding carboxylic acids is 1. The van der Waals surface area contributed by atoms with Gasteiger partial charge in [-0.2, -0.15) is 0 Å². The number of carbonyl (C=O) groups is 1. The summed E-state index contributed by atoms with van der Waals surface area (Å²) in [4.78, 5) is 12.0. The van der Waals surface area contributed by atoms with Gasteiger partial charge < -0.3 is 20.7 Å². The summed E-state index contributed by atoms with van der Waals surface area (Å²) in [7, 11) is 0. The van der Waals surface area contributed by atoms with Gasteiger partial charge in [0, 0.05) is 26.3 Å². The minimum absolute atomic E-state index is 0.0264. The van der Waals surface area contributed by atoms with Crippen LogP contribution in [0.15, 0.2) is 24.3 Å². The zero-order valence-corrected chi connectivity index (χ0v) is 11.2. The topological polar surface area (TPSA) is 62.4 Å². The highest BCUT2D eigenvalue weighted by molar-refractivity contribution is 5.88. The molecule has 3 N–H and O–H groups in total. The number of amides is 1. The van der Waals surface area contributed by atoms with E-state index in [2.05, 4.69) is 16.0 Å². The molecule has 1 aliphatic heterocycles. The number of anilines is 2. The van der Waals surface area contributed by atoms with Gasteiger partial charge in [-0.15, -0.1) is 0 Å². The zero-order valence-electron chi connectivity index (χ0n) is 11.2. The van der Waals surface area contributed by atoms with E-state index in [1.165, 1.54) is 0 Å². The summed E-state index contributed by atoms with van der Waals surface area (Å²) >= 11 is 0. The van der Waals surface area contributed by atoms with Gasteiger partial charge >= 0.3 is 0 Å². The molecule has 0 aromatic heterocycles. The second-order valence-electron chi connectivity index (χ2n) is 4.46. The third kappa shape index (κ3) is 3.86.